The number of fused-ring (bicyclic) bond motifs is 1. The fourth-order valence-corrected chi connectivity index (χ4v) is 3.18. The minimum Gasteiger partial charge on any atom is -0.396 e. The molecular formula is C21H22N6O. The highest BCUT2D eigenvalue weighted by atomic mass is 16.3. The van der Waals surface area contributed by atoms with Gasteiger partial charge in [-0.15, -0.1) is 0 Å². The van der Waals surface area contributed by atoms with E-state index in [4.69, 9.17) is 4.98 Å². The van der Waals surface area contributed by atoms with E-state index in [-0.39, 0.29) is 12.6 Å². The molecule has 0 fully saturated rings. The fourth-order valence-electron chi connectivity index (χ4n) is 3.18. The van der Waals surface area contributed by atoms with E-state index >= 15 is 0 Å². The van der Waals surface area contributed by atoms with Crippen molar-refractivity contribution in [3.8, 4) is 11.4 Å². The molecule has 1 aromatic carbocycles. The van der Waals surface area contributed by atoms with Gasteiger partial charge in [0.25, 0.3) is 0 Å². The number of benzene rings is 1. The summed E-state index contributed by atoms with van der Waals surface area (Å²) in [6.07, 6.45) is 5.78. The van der Waals surface area contributed by atoms with Gasteiger partial charge in [0.1, 0.15) is 5.82 Å². The van der Waals surface area contributed by atoms with Crippen molar-refractivity contribution in [3.63, 3.8) is 0 Å². The van der Waals surface area contributed by atoms with Gasteiger partial charge in [-0.25, -0.2) is 9.97 Å². The minimum atomic E-state index is -0.0748. The standard InChI is InChI=1S/C21H22N6O/c1-14-3-5-15(6-4-14)18(9-12-28)24-20-17-13-23-27(2)21(17)26-19(25-20)16-7-10-22-11-8-16/h3-8,10-11,13,18,28H,9,12H2,1-2H3,(H,24,25,26)/t18-/m0/s1. The van der Waals surface area contributed by atoms with Gasteiger partial charge in [0.05, 0.1) is 17.6 Å². The van der Waals surface area contributed by atoms with Crippen LogP contribution in [0.4, 0.5) is 5.82 Å². The molecule has 28 heavy (non-hydrogen) atoms. The second-order valence-corrected chi connectivity index (χ2v) is 6.76. The summed E-state index contributed by atoms with van der Waals surface area (Å²) in [4.78, 5) is 13.5. The van der Waals surface area contributed by atoms with Gasteiger partial charge in [-0.1, -0.05) is 29.8 Å². The maximum atomic E-state index is 9.58. The Morgan fingerprint density at radius 2 is 1.82 bits per heavy atom. The molecule has 0 aliphatic carbocycles. The third kappa shape index (κ3) is 3.57. The lowest BCUT2D eigenvalue weighted by molar-refractivity contribution is 0.280. The molecule has 142 valence electrons. The van der Waals surface area contributed by atoms with Crippen molar-refractivity contribution in [2.45, 2.75) is 19.4 Å². The number of aliphatic hydroxyl groups is 1. The quantitative estimate of drug-likeness (QED) is 0.538. The molecule has 0 saturated carbocycles. The lowest BCUT2D eigenvalue weighted by atomic mass is 10.0. The van der Waals surface area contributed by atoms with E-state index < -0.39 is 0 Å². The number of nitrogens with zero attached hydrogens (tertiary/aromatic N) is 5. The van der Waals surface area contributed by atoms with E-state index in [1.165, 1.54) is 5.56 Å². The Bertz CT molecular complexity index is 1080. The number of aryl methyl sites for hydroxylation is 2. The fraction of sp³-hybridized carbons (Fsp3) is 0.238. The van der Waals surface area contributed by atoms with Gasteiger partial charge in [-0.05, 0) is 31.0 Å². The molecule has 4 aromatic rings. The number of hydrogen-bond acceptors (Lipinski definition) is 6. The Labute approximate surface area is 163 Å². The number of aliphatic hydroxyl groups excluding tert-OH is 1. The zero-order valence-corrected chi connectivity index (χ0v) is 15.9. The van der Waals surface area contributed by atoms with Gasteiger partial charge in [0.2, 0.25) is 0 Å². The predicted octanol–water partition coefficient (Wildman–Crippen LogP) is 3.27. The molecular weight excluding hydrogens is 352 g/mol. The lowest BCUT2D eigenvalue weighted by Gasteiger charge is -2.20. The number of aromatic nitrogens is 5. The van der Waals surface area contributed by atoms with Crippen LogP contribution in [0, 0.1) is 6.92 Å². The average molecular weight is 374 g/mol. The summed E-state index contributed by atoms with van der Waals surface area (Å²) in [7, 11) is 1.86. The van der Waals surface area contributed by atoms with Gasteiger partial charge < -0.3 is 10.4 Å². The van der Waals surface area contributed by atoms with Crippen LogP contribution in [-0.2, 0) is 7.05 Å². The SMILES string of the molecule is Cc1ccc([C@H](CCO)Nc2nc(-c3ccncc3)nc3c2cnn3C)cc1. The summed E-state index contributed by atoms with van der Waals surface area (Å²) < 4.78 is 1.74. The molecule has 0 aliphatic rings. The molecule has 0 bridgehead atoms. The van der Waals surface area contributed by atoms with Gasteiger partial charge in [0.15, 0.2) is 11.5 Å². The monoisotopic (exact) mass is 374 g/mol. The van der Waals surface area contributed by atoms with Gasteiger partial charge in [-0.3, -0.25) is 9.67 Å². The topological polar surface area (TPSA) is 88.8 Å². The highest BCUT2D eigenvalue weighted by molar-refractivity contribution is 5.88. The first-order chi connectivity index (χ1) is 13.7. The molecule has 0 amide bonds. The van der Waals surface area contributed by atoms with Crippen molar-refractivity contribution in [2.75, 3.05) is 11.9 Å². The number of hydrogen-bond donors (Lipinski definition) is 2. The normalized spacial score (nSPS) is 12.2. The second-order valence-electron chi connectivity index (χ2n) is 6.76. The summed E-state index contributed by atoms with van der Waals surface area (Å²) in [5, 5.41) is 18.3. The number of rotatable bonds is 6. The molecule has 0 aliphatic heterocycles. The largest absolute Gasteiger partial charge is 0.396 e. The number of anilines is 1. The molecule has 7 heteroatoms. The zero-order valence-electron chi connectivity index (χ0n) is 15.9. The molecule has 0 radical (unpaired) electrons. The van der Waals surface area contributed by atoms with Crippen LogP contribution >= 0.6 is 0 Å². The van der Waals surface area contributed by atoms with Crippen LogP contribution in [0.3, 0.4) is 0 Å². The Kier molecular flexibility index (Phi) is 4.99. The van der Waals surface area contributed by atoms with E-state index in [0.717, 1.165) is 22.2 Å². The predicted molar refractivity (Wildman–Crippen MR) is 109 cm³/mol. The van der Waals surface area contributed by atoms with Crippen LogP contribution in [-0.4, -0.2) is 36.4 Å². The molecule has 0 spiro atoms. The third-order valence-electron chi connectivity index (χ3n) is 4.74. The van der Waals surface area contributed by atoms with Crippen LogP contribution in [0.5, 0.6) is 0 Å². The van der Waals surface area contributed by atoms with Gasteiger partial charge >= 0.3 is 0 Å². The van der Waals surface area contributed by atoms with Crippen LogP contribution in [0.2, 0.25) is 0 Å². The lowest BCUT2D eigenvalue weighted by Crippen LogP contribution is -2.14. The van der Waals surface area contributed by atoms with Crippen molar-refractivity contribution in [1.82, 2.24) is 24.7 Å². The first kappa shape index (κ1) is 18.1. The van der Waals surface area contributed by atoms with Crippen LogP contribution in [0.25, 0.3) is 22.4 Å². The number of nitrogens with one attached hydrogen (secondary N) is 1. The second kappa shape index (κ2) is 7.74. The Morgan fingerprint density at radius 1 is 1.07 bits per heavy atom. The van der Waals surface area contributed by atoms with E-state index in [9.17, 15) is 5.11 Å². The molecule has 2 N–H and O–H groups in total. The van der Waals surface area contributed by atoms with E-state index in [1.807, 2.05) is 19.2 Å². The molecule has 1 atom stereocenters. The van der Waals surface area contributed by atoms with Crippen molar-refractivity contribution >= 4 is 16.9 Å². The highest BCUT2D eigenvalue weighted by Crippen LogP contribution is 2.29. The molecule has 3 heterocycles. The first-order valence-electron chi connectivity index (χ1n) is 9.20. The van der Waals surface area contributed by atoms with E-state index in [0.29, 0.717) is 18.1 Å². The van der Waals surface area contributed by atoms with Crippen LogP contribution in [0.1, 0.15) is 23.6 Å². The zero-order chi connectivity index (χ0) is 19.5. The van der Waals surface area contributed by atoms with Crippen molar-refractivity contribution in [3.05, 3.63) is 66.1 Å². The minimum absolute atomic E-state index is 0.0734. The summed E-state index contributed by atoms with van der Waals surface area (Å²) >= 11 is 0. The molecule has 0 unspecified atom stereocenters. The van der Waals surface area contributed by atoms with Crippen molar-refractivity contribution in [2.24, 2.45) is 7.05 Å². The summed E-state index contributed by atoms with van der Waals surface area (Å²) in [5.41, 5.74) is 3.93. The molecule has 4 rings (SSSR count). The Morgan fingerprint density at radius 3 is 2.54 bits per heavy atom. The van der Waals surface area contributed by atoms with Crippen molar-refractivity contribution < 1.29 is 5.11 Å². The smallest absolute Gasteiger partial charge is 0.164 e. The van der Waals surface area contributed by atoms with Crippen LogP contribution < -0.4 is 5.32 Å². The van der Waals surface area contributed by atoms with E-state index in [2.05, 4.69) is 51.6 Å². The van der Waals surface area contributed by atoms with Crippen molar-refractivity contribution in [1.29, 1.82) is 0 Å². The number of pyridine rings is 1. The summed E-state index contributed by atoms with van der Waals surface area (Å²) in [6.45, 7) is 2.13. The third-order valence-corrected chi connectivity index (χ3v) is 4.74. The van der Waals surface area contributed by atoms with Crippen LogP contribution in [0.15, 0.2) is 55.0 Å². The first-order valence-corrected chi connectivity index (χ1v) is 9.20. The van der Waals surface area contributed by atoms with E-state index in [1.54, 1.807) is 23.3 Å². The molecule has 3 aromatic heterocycles. The summed E-state index contributed by atoms with van der Waals surface area (Å²) in [5.74, 6) is 1.30. The average Bonchev–Trinajstić information content (AvgIpc) is 3.10. The van der Waals surface area contributed by atoms with Gasteiger partial charge in [-0.2, -0.15) is 5.10 Å². The maximum absolute atomic E-state index is 9.58. The van der Waals surface area contributed by atoms with Gasteiger partial charge in [0, 0.05) is 31.6 Å². The molecule has 7 nitrogen and oxygen atoms in total. The Balaban J connectivity index is 1.78. The maximum Gasteiger partial charge on any atom is 0.164 e. The highest BCUT2D eigenvalue weighted by Gasteiger charge is 2.17. The Hall–Kier alpha value is -3.32. The molecule has 0 saturated heterocycles. The summed E-state index contributed by atoms with van der Waals surface area (Å²) in [6, 6.07) is 12.0.